The highest BCUT2D eigenvalue weighted by Gasteiger charge is 2.24. The lowest BCUT2D eigenvalue weighted by Crippen LogP contribution is -2.19. The number of thioether (sulfide) groups is 1. The Morgan fingerprint density at radius 1 is 1.36 bits per heavy atom. The van der Waals surface area contributed by atoms with Crippen molar-refractivity contribution in [1.82, 2.24) is 9.97 Å². The molecular formula is C16H20N2O2S2. The summed E-state index contributed by atoms with van der Waals surface area (Å²) in [4.78, 5) is 23.5. The van der Waals surface area contributed by atoms with Crippen molar-refractivity contribution in [2.45, 2.75) is 56.2 Å². The molecule has 0 saturated carbocycles. The minimum Gasteiger partial charge on any atom is -0.465 e. The fourth-order valence-electron chi connectivity index (χ4n) is 2.82. The number of hydrogen-bond acceptors (Lipinski definition) is 6. The predicted molar refractivity (Wildman–Crippen MR) is 90.6 cm³/mol. The van der Waals surface area contributed by atoms with E-state index in [9.17, 15) is 4.79 Å². The van der Waals surface area contributed by atoms with Crippen molar-refractivity contribution >= 4 is 39.3 Å². The maximum absolute atomic E-state index is 12.1. The summed E-state index contributed by atoms with van der Waals surface area (Å²) in [6, 6.07) is 0. The van der Waals surface area contributed by atoms with Crippen molar-refractivity contribution in [1.29, 1.82) is 0 Å². The maximum atomic E-state index is 12.1. The normalized spacial score (nSPS) is 15.5. The van der Waals surface area contributed by atoms with Gasteiger partial charge in [0.25, 0.3) is 0 Å². The van der Waals surface area contributed by atoms with Gasteiger partial charge in [-0.3, -0.25) is 4.79 Å². The predicted octanol–water partition coefficient (Wildman–Crippen LogP) is 4.00. The first-order valence-corrected chi connectivity index (χ1v) is 9.52. The highest BCUT2D eigenvalue weighted by molar-refractivity contribution is 8.00. The molecule has 2 aromatic rings. The Morgan fingerprint density at radius 3 is 2.95 bits per heavy atom. The molecule has 1 aliphatic carbocycles. The number of ether oxygens (including phenoxy) is 1. The van der Waals surface area contributed by atoms with E-state index >= 15 is 0 Å². The number of rotatable bonds is 5. The molecule has 118 valence electrons. The molecule has 22 heavy (non-hydrogen) atoms. The molecule has 2 heterocycles. The van der Waals surface area contributed by atoms with Gasteiger partial charge in [0.05, 0.1) is 6.61 Å². The number of hydrogen-bond donors (Lipinski definition) is 0. The monoisotopic (exact) mass is 336 g/mol. The number of aryl methyl sites for hydroxylation is 2. The smallest absolute Gasteiger partial charge is 0.319 e. The fraction of sp³-hybridized carbons (Fsp3) is 0.562. The molecule has 3 rings (SSSR count). The van der Waals surface area contributed by atoms with Crippen LogP contribution in [0.4, 0.5) is 0 Å². The zero-order chi connectivity index (χ0) is 15.5. The van der Waals surface area contributed by atoms with Crippen molar-refractivity contribution in [3.63, 3.8) is 0 Å². The Kier molecular flexibility index (Phi) is 4.98. The van der Waals surface area contributed by atoms with Gasteiger partial charge < -0.3 is 4.74 Å². The first-order chi connectivity index (χ1) is 10.7. The van der Waals surface area contributed by atoms with Crippen LogP contribution in [0.1, 0.15) is 43.6 Å². The molecule has 0 aromatic carbocycles. The highest BCUT2D eigenvalue weighted by Crippen LogP contribution is 2.40. The van der Waals surface area contributed by atoms with Crippen LogP contribution in [0.3, 0.4) is 0 Å². The quantitative estimate of drug-likeness (QED) is 0.469. The van der Waals surface area contributed by atoms with Crippen LogP contribution in [0.5, 0.6) is 0 Å². The molecular weight excluding hydrogens is 316 g/mol. The van der Waals surface area contributed by atoms with Crippen LogP contribution in [-0.2, 0) is 22.4 Å². The van der Waals surface area contributed by atoms with Crippen molar-refractivity contribution in [3.05, 3.63) is 16.8 Å². The van der Waals surface area contributed by atoms with Crippen molar-refractivity contribution in [3.8, 4) is 0 Å². The second kappa shape index (κ2) is 6.96. The number of aromatic nitrogens is 2. The van der Waals surface area contributed by atoms with Crippen LogP contribution in [0.25, 0.3) is 10.2 Å². The van der Waals surface area contributed by atoms with Crippen LogP contribution in [-0.4, -0.2) is 27.8 Å². The van der Waals surface area contributed by atoms with Crippen molar-refractivity contribution in [2.24, 2.45) is 0 Å². The number of carbonyl (C=O) groups excluding carboxylic acids is 1. The van der Waals surface area contributed by atoms with E-state index in [0.717, 1.165) is 29.1 Å². The number of nitrogens with zero attached hydrogens (tertiary/aromatic N) is 2. The van der Waals surface area contributed by atoms with Crippen LogP contribution < -0.4 is 0 Å². The van der Waals surface area contributed by atoms with E-state index in [4.69, 9.17) is 4.74 Å². The third-order valence-electron chi connectivity index (χ3n) is 3.89. The van der Waals surface area contributed by atoms with Crippen LogP contribution in [0.2, 0.25) is 0 Å². The summed E-state index contributed by atoms with van der Waals surface area (Å²) in [7, 11) is 0. The van der Waals surface area contributed by atoms with Gasteiger partial charge in [0.2, 0.25) is 0 Å². The molecule has 0 N–H and O–H groups in total. The van der Waals surface area contributed by atoms with Gasteiger partial charge in [0.15, 0.2) is 0 Å². The molecule has 0 bridgehead atoms. The molecule has 6 heteroatoms. The van der Waals surface area contributed by atoms with Gasteiger partial charge in [-0.1, -0.05) is 18.7 Å². The van der Waals surface area contributed by atoms with Gasteiger partial charge in [-0.15, -0.1) is 11.3 Å². The van der Waals surface area contributed by atoms with Crippen molar-refractivity contribution in [2.75, 3.05) is 6.61 Å². The van der Waals surface area contributed by atoms with E-state index in [1.807, 2.05) is 13.8 Å². The van der Waals surface area contributed by atoms with E-state index in [1.165, 1.54) is 40.4 Å². The van der Waals surface area contributed by atoms with Crippen molar-refractivity contribution < 1.29 is 9.53 Å². The lowest BCUT2D eigenvalue weighted by atomic mass is 9.97. The van der Waals surface area contributed by atoms with Gasteiger partial charge in [-0.2, -0.15) is 0 Å². The fourth-order valence-corrected chi connectivity index (χ4v) is 5.16. The summed E-state index contributed by atoms with van der Waals surface area (Å²) < 4.78 is 5.17. The Hall–Kier alpha value is -1.14. The SMILES string of the molecule is CCOC(=O)[C@H](CC)Sc1ncnc2sc3c(c12)CCCC3. The molecule has 0 fully saturated rings. The zero-order valence-corrected chi connectivity index (χ0v) is 14.6. The lowest BCUT2D eigenvalue weighted by molar-refractivity contribution is -0.142. The molecule has 0 spiro atoms. The summed E-state index contributed by atoms with van der Waals surface area (Å²) in [5, 5.41) is 1.91. The molecule has 1 atom stereocenters. The molecule has 0 radical (unpaired) electrons. The Morgan fingerprint density at radius 2 is 2.18 bits per heavy atom. The first-order valence-electron chi connectivity index (χ1n) is 7.83. The summed E-state index contributed by atoms with van der Waals surface area (Å²) in [6.45, 7) is 4.27. The topological polar surface area (TPSA) is 52.1 Å². The summed E-state index contributed by atoms with van der Waals surface area (Å²) >= 11 is 3.31. The molecule has 4 nitrogen and oxygen atoms in total. The molecule has 0 unspecified atom stereocenters. The molecule has 1 aliphatic rings. The van der Waals surface area contributed by atoms with Crippen LogP contribution >= 0.6 is 23.1 Å². The third kappa shape index (κ3) is 2.99. The molecule has 0 saturated heterocycles. The number of carbonyl (C=O) groups is 1. The van der Waals surface area contributed by atoms with Gasteiger partial charge in [0.1, 0.15) is 21.4 Å². The second-order valence-electron chi connectivity index (χ2n) is 5.34. The standard InChI is InChI=1S/C16H20N2O2S2/c1-3-11(16(19)20-4-2)21-14-13-10-7-5-6-8-12(10)22-15(13)18-9-17-14/h9,11H,3-8H2,1-2H3/t11-/m0/s1. The van der Waals surface area contributed by atoms with E-state index in [1.54, 1.807) is 17.7 Å². The minimum absolute atomic E-state index is 0.147. The van der Waals surface area contributed by atoms with Gasteiger partial charge in [0, 0.05) is 10.3 Å². The average molecular weight is 336 g/mol. The Bertz CT molecular complexity index is 684. The number of fused-ring (bicyclic) bond motifs is 3. The molecule has 0 aliphatic heterocycles. The summed E-state index contributed by atoms with van der Waals surface area (Å²) in [5.74, 6) is -0.147. The molecule has 0 amide bonds. The Balaban J connectivity index is 1.96. The first kappa shape index (κ1) is 15.7. The second-order valence-corrected chi connectivity index (χ2v) is 7.61. The van der Waals surface area contributed by atoms with E-state index in [2.05, 4.69) is 9.97 Å². The minimum atomic E-state index is -0.197. The maximum Gasteiger partial charge on any atom is 0.319 e. The van der Waals surface area contributed by atoms with Gasteiger partial charge in [-0.25, -0.2) is 9.97 Å². The lowest BCUT2D eigenvalue weighted by Gasteiger charge is -2.14. The van der Waals surface area contributed by atoms with E-state index < -0.39 is 0 Å². The third-order valence-corrected chi connectivity index (χ3v) is 6.43. The summed E-state index contributed by atoms with van der Waals surface area (Å²) in [6.07, 6.45) is 7.09. The van der Waals surface area contributed by atoms with Crippen LogP contribution in [0.15, 0.2) is 11.4 Å². The molecule has 2 aromatic heterocycles. The highest BCUT2D eigenvalue weighted by atomic mass is 32.2. The zero-order valence-electron chi connectivity index (χ0n) is 12.9. The number of thiophene rings is 1. The number of esters is 1. The van der Waals surface area contributed by atoms with Gasteiger partial charge in [-0.05, 0) is 44.6 Å². The Labute approximate surface area is 138 Å². The summed E-state index contributed by atoms with van der Waals surface area (Å²) in [5.41, 5.74) is 1.41. The largest absolute Gasteiger partial charge is 0.465 e. The van der Waals surface area contributed by atoms with E-state index in [0.29, 0.717) is 6.61 Å². The van der Waals surface area contributed by atoms with E-state index in [-0.39, 0.29) is 11.2 Å². The van der Waals surface area contributed by atoms with Crippen LogP contribution in [0, 0.1) is 0 Å². The van der Waals surface area contributed by atoms with Gasteiger partial charge >= 0.3 is 5.97 Å². The average Bonchev–Trinajstić information content (AvgIpc) is 2.92.